The van der Waals surface area contributed by atoms with Crippen molar-refractivity contribution in [3.05, 3.63) is 60.2 Å². The summed E-state index contributed by atoms with van der Waals surface area (Å²) in [7, 11) is 0. The number of nitrogens with zero attached hydrogens (tertiary/aromatic N) is 1. The molecule has 0 aliphatic heterocycles. The molecule has 22 heavy (non-hydrogen) atoms. The van der Waals surface area contributed by atoms with E-state index in [0.29, 0.717) is 17.3 Å². The van der Waals surface area contributed by atoms with Crippen LogP contribution >= 0.6 is 23.2 Å². The SMILES string of the molecule is O=C(Nc1ccccc1)c1ccc(N(CCCl)CCCl)cc1. The van der Waals surface area contributed by atoms with Gasteiger partial charge >= 0.3 is 0 Å². The Hall–Kier alpha value is -1.71. The minimum Gasteiger partial charge on any atom is -0.369 e. The normalized spacial score (nSPS) is 10.3. The van der Waals surface area contributed by atoms with Crippen molar-refractivity contribution >= 4 is 40.5 Å². The molecule has 2 rings (SSSR count). The maximum atomic E-state index is 12.2. The Morgan fingerprint density at radius 3 is 2.05 bits per heavy atom. The summed E-state index contributed by atoms with van der Waals surface area (Å²) in [5.74, 6) is 0.944. The van der Waals surface area contributed by atoms with Crippen molar-refractivity contribution in [1.29, 1.82) is 0 Å². The number of hydrogen-bond acceptors (Lipinski definition) is 2. The Balaban J connectivity index is 2.05. The van der Waals surface area contributed by atoms with Gasteiger partial charge < -0.3 is 10.2 Å². The third-order valence-electron chi connectivity index (χ3n) is 3.24. The van der Waals surface area contributed by atoms with E-state index in [0.717, 1.165) is 24.5 Å². The molecular formula is C17H18Cl2N2O. The van der Waals surface area contributed by atoms with Gasteiger partial charge in [0.15, 0.2) is 0 Å². The first-order valence-electron chi connectivity index (χ1n) is 7.08. The van der Waals surface area contributed by atoms with Gasteiger partial charge in [-0.2, -0.15) is 0 Å². The van der Waals surface area contributed by atoms with Crippen LogP contribution in [0, 0.1) is 0 Å². The second-order valence-corrected chi connectivity index (χ2v) is 5.49. The summed E-state index contributed by atoms with van der Waals surface area (Å²) in [5, 5.41) is 2.86. The van der Waals surface area contributed by atoms with E-state index in [2.05, 4.69) is 10.2 Å². The highest BCUT2D eigenvalue weighted by molar-refractivity contribution is 6.18. The zero-order valence-corrected chi connectivity index (χ0v) is 13.6. The molecule has 0 saturated carbocycles. The first kappa shape index (κ1) is 16.7. The summed E-state index contributed by atoms with van der Waals surface area (Å²) >= 11 is 11.6. The summed E-state index contributed by atoms with van der Waals surface area (Å²) < 4.78 is 0. The minimum atomic E-state index is -0.126. The van der Waals surface area contributed by atoms with Gasteiger partial charge in [-0.3, -0.25) is 4.79 Å². The number of carbonyl (C=O) groups is 1. The molecule has 2 aromatic rings. The van der Waals surface area contributed by atoms with Crippen LogP contribution in [0.15, 0.2) is 54.6 Å². The predicted octanol–water partition coefficient (Wildman–Crippen LogP) is 4.22. The van der Waals surface area contributed by atoms with Gasteiger partial charge in [0, 0.05) is 41.8 Å². The molecular weight excluding hydrogens is 319 g/mol. The second-order valence-electron chi connectivity index (χ2n) is 4.73. The van der Waals surface area contributed by atoms with E-state index in [1.54, 1.807) is 0 Å². The number of amides is 1. The first-order chi connectivity index (χ1) is 10.7. The molecule has 0 atom stereocenters. The van der Waals surface area contributed by atoms with Crippen LogP contribution in [0.5, 0.6) is 0 Å². The number of rotatable bonds is 7. The molecule has 5 heteroatoms. The Morgan fingerprint density at radius 2 is 1.50 bits per heavy atom. The topological polar surface area (TPSA) is 32.3 Å². The third-order valence-corrected chi connectivity index (χ3v) is 3.57. The molecule has 0 saturated heterocycles. The molecule has 0 fully saturated rings. The molecule has 2 aromatic carbocycles. The Morgan fingerprint density at radius 1 is 0.909 bits per heavy atom. The number of anilines is 2. The van der Waals surface area contributed by atoms with Crippen LogP contribution in [0.1, 0.15) is 10.4 Å². The van der Waals surface area contributed by atoms with E-state index in [1.165, 1.54) is 0 Å². The Kier molecular flexibility index (Phi) is 6.56. The number of halogens is 2. The molecule has 0 radical (unpaired) electrons. The molecule has 0 aliphatic rings. The Bertz CT molecular complexity index is 581. The zero-order valence-electron chi connectivity index (χ0n) is 12.1. The maximum Gasteiger partial charge on any atom is 0.255 e. The first-order valence-corrected chi connectivity index (χ1v) is 8.15. The predicted molar refractivity (Wildman–Crippen MR) is 94.5 cm³/mol. The van der Waals surface area contributed by atoms with Crippen LogP contribution in [-0.4, -0.2) is 30.8 Å². The van der Waals surface area contributed by atoms with Crippen LogP contribution in [-0.2, 0) is 0 Å². The molecule has 0 bridgehead atoms. The molecule has 3 nitrogen and oxygen atoms in total. The number of benzene rings is 2. The highest BCUT2D eigenvalue weighted by Crippen LogP contribution is 2.16. The van der Waals surface area contributed by atoms with Crippen molar-refractivity contribution in [2.75, 3.05) is 35.1 Å². The summed E-state index contributed by atoms with van der Waals surface area (Å²) in [6.07, 6.45) is 0. The Labute approximate surface area is 140 Å². The number of nitrogens with one attached hydrogen (secondary N) is 1. The highest BCUT2D eigenvalue weighted by Gasteiger charge is 2.09. The largest absolute Gasteiger partial charge is 0.369 e. The molecule has 0 aliphatic carbocycles. The number of carbonyl (C=O) groups excluding carboxylic acids is 1. The standard InChI is InChI=1S/C17H18Cl2N2O/c18-10-12-21(13-11-19)16-8-6-14(7-9-16)17(22)20-15-4-2-1-3-5-15/h1-9H,10-13H2,(H,20,22). The number of para-hydroxylation sites is 1. The number of alkyl halides is 2. The van der Waals surface area contributed by atoms with Crippen molar-refractivity contribution in [2.24, 2.45) is 0 Å². The summed E-state index contributed by atoms with van der Waals surface area (Å²) in [6.45, 7) is 1.45. The van der Waals surface area contributed by atoms with Gasteiger partial charge in [0.25, 0.3) is 5.91 Å². The maximum absolute atomic E-state index is 12.2. The summed E-state index contributed by atoms with van der Waals surface area (Å²) in [4.78, 5) is 14.3. The summed E-state index contributed by atoms with van der Waals surface area (Å²) in [6, 6.07) is 16.8. The van der Waals surface area contributed by atoms with Gasteiger partial charge in [-0.1, -0.05) is 18.2 Å². The van der Waals surface area contributed by atoms with Gasteiger partial charge in [-0.25, -0.2) is 0 Å². The van der Waals surface area contributed by atoms with Crippen molar-refractivity contribution in [3.63, 3.8) is 0 Å². The van der Waals surface area contributed by atoms with Crippen LogP contribution in [0.25, 0.3) is 0 Å². The lowest BCUT2D eigenvalue weighted by atomic mass is 10.1. The molecule has 1 amide bonds. The fraction of sp³-hybridized carbons (Fsp3) is 0.235. The van der Waals surface area contributed by atoms with Crippen molar-refractivity contribution in [3.8, 4) is 0 Å². The average molecular weight is 337 g/mol. The lowest BCUT2D eigenvalue weighted by Crippen LogP contribution is -2.27. The molecule has 0 spiro atoms. The quantitative estimate of drug-likeness (QED) is 0.767. The van der Waals surface area contributed by atoms with Crippen LogP contribution in [0.2, 0.25) is 0 Å². The summed E-state index contributed by atoms with van der Waals surface area (Å²) in [5.41, 5.74) is 2.41. The number of hydrogen-bond donors (Lipinski definition) is 1. The molecule has 0 heterocycles. The van der Waals surface area contributed by atoms with Gasteiger partial charge in [-0.05, 0) is 36.4 Å². The molecule has 0 unspecified atom stereocenters. The highest BCUT2D eigenvalue weighted by atomic mass is 35.5. The molecule has 0 aromatic heterocycles. The van der Waals surface area contributed by atoms with Gasteiger partial charge in [0.1, 0.15) is 0 Å². The molecule has 116 valence electrons. The monoisotopic (exact) mass is 336 g/mol. The van der Waals surface area contributed by atoms with E-state index in [-0.39, 0.29) is 5.91 Å². The molecule has 1 N–H and O–H groups in total. The third kappa shape index (κ3) is 4.65. The van der Waals surface area contributed by atoms with Crippen molar-refractivity contribution in [1.82, 2.24) is 0 Å². The average Bonchev–Trinajstić information content (AvgIpc) is 2.56. The zero-order chi connectivity index (χ0) is 15.8. The van der Waals surface area contributed by atoms with Gasteiger partial charge in [0.2, 0.25) is 0 Å². The van der Waals surface area contributed by atoms with Gasteiger partial charge in [-0.15, -0.1) is 23.2 Å². The van der Waals surface area contributed by atoms with E-state index in [4.69, 9.17) is 23.2 Å². The van der Waals surface area contributed by atoms with E-state index >= 15 is 0 Å². The second kappa shape index (κ2) is 8.66. The van der Waals surface area contributed by atoms with Crippen LogP contribution < -0.4 is 10.2 Å². The van der Waals surface area contributed by atoms with Crippen molar-refractivity contribution in [2.45, 2.75) is 0 Å². The smallest absolute Gasteiger partial charge is 0.255 e. The van der Waals surface area contributed by atoms with E-state index in [1.807, 2.05) is 54.6 Å². The fourth-order valence-electron chi connectivity index (χ4n) is 2.12. The fourth-order valence-corrected chi connectivity index (χ4v) is 2.53. The van der Waals surface area contributed by atoms with Crippen LogP contribution in [0.4, 0.5) is 11.4 Å². The van der Waals surface area contributed by atoms with Gasteiger partial charge in [0.05, 0.1) is 0 Å². The lowest BCUT2D eigenvalue weighted by Gasteiger charge is -2.22. The van der Waals surface area contributed by atoms with Crippen molar-refractivity contribution < 1.29 is 4.79 Å². The van der Waals surface area contributed by atoms with Crippen LogP contribution in [0.3, 0.4) is 0 Å². The lowest BCUT2D eigenvalue weighted by molar-refractivity contribution is 0.102. The minimum absolute atomic E-state index is 0.126. The van der Waals surface area contributed by atoms with E-state index in [9.17, 15) is 4.79 Å². The van der Waals surface area contributed by atoms with E-state index < -0.39 is 0 Å².